The third kappa shape index (κ3) is 15.9. The van der Waals surface area contributed by atoms with Crippen LogP contribution in [0.5, 0.6) is 0 Å². The van der Waals surface area contributed by atoms with Gasteiger partial charge in [-0.1, -0.05) is 0 Å². The summed E-state index contributed by atoms with van der Waals surface area (Å²) < 4.78 is 0. The fraction of sp³-hybridized carbons (Fsp3) is 0.750. The number of hydrogen-bond donors (Lipinski definition) is 4. The van der Waals surface area contributed by atoms with Crippen LogP contribution < -0.4 is 10.6 Å². The number of halogens is 1. The predicted molar refractivity (Wildman–Crippen MR) is 57.5 cm³/mol. The molecule has 0 amide bonds. The second kappa shape index (κ2) is 11.2. The van der Waals surface area contributed by atoms with E-state index >= 15 is 0 Å². The summed E-state index contributed by atoms with van der Waals surface area (Å²) >= 11 is 0. The van der Waals surface area contributed by atoms with Gasteiger partial charge in [0.25, 0.3) is 0 Å². The largest absolute Gasteiger partial charge is 0.481 e. The summed E-state index contributed by atoms with van der Waals surface area (Å²) in [4.78, 5) is 20.2. The van der Waals surface area contributed by atoms with Crippen molar-refractivity contribution in [2.75, 3.05) is 26.2 Å². The molecule has 0 radical (unpaired) electrons. The molecule has 0 atom stereocenters. The van der Waals surface area contributed by atoms with Crippen molar-refractivity contribution >= 4 is 24.3 Å². The summed E-state index contributed by atoms with van der Waals surface area (Å²) in [6.07, 6.45) is 0.213. The van der Waals surface area contributed by atoms with Crippen molar-refractivity contribution in [2.24, 2.45) is 0 Å². The molecular formula is C8H17ClN2O4. The Morgan fingerprint density at radius 3 is 1.40 bits per heavy atom. The third-order valence-electron chi connectivity index (χ3n) is 1.51. The van der Waals surface area contributed by atoms with Crippen LogP contribution in [0.4, 0.5) is 0 Å². The Labute approximate surface area is 94.5 Å². The Morgan fingerprint density at radius 1 is 0.800 bits per heavy atom. The van der Waals surface area contributed by atoms with E-state index in [-0.39, 0.29) is 25.2 Å². The minimum atomic E-state index is -0.823. The SMILES string of the molecule is Cl.O=C(O)CCNCCNCCC(=O)O. The zero-order valence-corrected chi connectivity index (χ0v) is 9.18. The van der Waals surface area contributed by atoms with Crippen LogP contribution in [0.25, 0.3) is 0 Å². The van der Waals surface area contributed by atoms with Crippen molar-refractivity contribution in [1.29, 1.82) is 0 Å². The average Bonchev–Trinajstić information content (AvgIpc) is 2.08. The van der Waals surface area contributed by atoms with Crippen LogP contribution in [0, 0.1) is 0 Å². The summed E-state index contributed by atoms with van der Waals surface area (Å²) in [6.45, 7) is 2.17. The highest BCUT2D eigenvalue weighted by Gasteiger charge is 1.96. The summed E-state index contributed by atoms with van der Waals surface area (Å²) in [5, 5.41) is 22.4. The molecule has 15 heavy (non-hydrogen) atoms. The average molecular weight is 241 g/mol. The molecule has 6 nitrogen and oxygen atoms in total. The topological polar surface area (TPSA) is 98.7 Å². The normalized spacial score (nSPS) is 9.33. The van der Waals surface area contributed by atoms with E-state index in [1.54, 1.807) is 0 Å². The molecule has 0 spiro atoms. The van der Waals surface area contributed by atoms with E-state index < -0.39 is 11.9 Å². The van der Waals surface area contributed by atoms with Gasteiger partial charge >= 0.3 is 11.9 Å². The van der Waals surface area contributed by atoms with Crippen LogP contribution in [0.2, 0.25) is 0 Å². The van der Waals surface area contributed by atoms with Crippen LogP contribution in [-0.2, 0) is 9.59 Å². The second-order valence-electron chi connectivity index (χ2n) is 2.79. The van der Waals surface area contributed by atoms with E-state index in [0.29, 0.717) is 26.2 Å². The molecule has 7 heteroatoms. The standard InChI is InChI=1S/C8H16N2O4.ClH/c11-7(12)1-3-9-5-6-10-4-2-8(13)14;/h9-10H,1-6H2,(H,11,12)(H,13,14);1H. The van der Waals surface area contributed by atoms with Crippen LogP contribution in [0.15, 0.2) is 0 Å². The Balaban J connectivity index is 0. The molecule has 0 heterocycles. The molecule has 4 N–H and O–H groups in total. The molecule has 0 rings (SSSR count). The van der Waals surface area contributed by atoms with E-state index in [4.69, 9.17) is 10.2 Å². The predicted octanol–water partition coefficient (Wildman–Crippen LogP) is -0.463. The second-order valence-corrected chi connectivity index (χ2v) is 2.79. The van der Waals surface area contributed by atoms with Crippen LogP contribution in [0.3, 0.4) is 0 Å². The van der Waals surface area contributed by atoms with Gasteiger partial charge in [-0.25, -0.2) is 0 Å². The number of nitrogens with one attached hydrogen (secondary N) is 2. The molecule has 0 unspecified atom stereocenters. The Kier molecular flexibility index (Phi) is 12.4. The minimum absolute atomic E-state index is 0. The van der Waals surface area contributed by atoms with Crippen molar-refractivity contribution in [3.63, 3.8) is 0 Å². The molecule has 0 aliphatic rings. The lowest BCUT2D eigenvalue weighted by Gasteiger charge is -2.03. The molecule has 0 fully saturated rings. The van der Waals surface area contributed by atoms with E-state index in [0.717, 1.165) is 0 Å². The van der Waals surface area contributed by atoms with Gasteiger partial charge in [0.05, 0.1) is 12.8 Å². The van der Waals surface area contributed by atoms with Crippen molar-refractivity contribution in [2.45, 2.75) is 12.8 Å². The summed E-state index contributed by atoms with van der Waals surface area (Å²) in [5.41, 5.74) is 0. The van der Waals surface area contributed by atoms with Gasteiger partial charge in [0, 0.05) is 26.2 Å². The Bertz CT molecular complexity index is 169. The van der Waals surface area contributed by atoms with Gasteiger partial charge in [-0.2, -0.15) is 0 Å². The fourth-order valence-corrected chi connectivity index (χ4v) is 0.817. The van der Waals surface area contributed by atoms with Gasteiger partial charge in [-0.15, -0.1) is 12.4 Å². The smallest absolute Gasteiger partial charge is 0.304 e. The lowest BCUT2D eigenvalue weighted by atomic mass is 10.4. The lowest BCUT2D eigenvalue weighted by Crippen LogP contribution is -2.29. The summed E-state index contributed by atoms with van der Waals surface area (Å²) in [6, 6.07) is 0. The van der Waals surface area contributed by atoms with Gasteiger partial charge in [-0.05, 0) is 0 Å². The summed E-state index contributed by atoms with van der Waals surface area (Å²) in [5.74, 6) is -1.65. The molecule has 0 bridgehead atoms. The number of carbonyl (C=O) groups is 2. The van der Waals surface area contributed by atoms with Crippen LogP contribution in [-0.4, -0.2) is 48.3 Å². The van der Waals surface area contributed by atoms with Crippen LogP contribution in [0.1, 0.15) is 12.8 Å². The zero-order valence-electron chi connectivity index (χ0n) is 8.36. The van der Waals surface area contributed by atoms with Crippen LogP contribution >= 0.6 is 12.4 Å². The molecular weight excluding hydrogens is 224 g/mol. The third-order valence-corrected chi connectivity index (χ3v) is 1.51. The summed E-state index contributed by atoms with van der Waals surface area (Å²) in [7, 11) is 0. The fourth-order valence-electron chi connectivity index (χ4n) is 0.817. The highest BCUT2D eigenvalue weighted by molar-refractivity contribution is 5.85. The van der Waals surface area contributed by atoms with Gasteiger partial charge in [0.1, 0.15) is 0 Å². The number of carboxylic acid groups (broad SMARTS) is 2. The minimum Gasteiger partial charge on any atom is -0.481 e. The molecule has 0 aromatic rings. The maximum Gasteiger partial charge on any atom is 0.304 e. The van der Waals surface area contributed by atoms with Gasteiger partial charge in [0.2, 0.25) is 0 Å². The number of rotatable bonds is 9. The van der Waals surface area contributed by atoms with Crippen molar-refractivity contribution in [1.82, 2.24) is 10.6 Å². The maximum atomic E-state index is 10.1. The molecule has 0 saturated heterocycles. The van der Waals surface area contributed by atoms with Crippen molar-refractivity contribution in [3.8, 4) is 0 Å². The zero-order chi connectivity index (χ0) is 10.8. The molecule has 0 aromatic heterocycles. The Hall–Kier alpha value is -0.850. The molecule has 0 aliphatic carbocycles. The lowest BCUT2D eigenvalue weighted by molar-refractivity contribution is -0.137. The molecule has 0 aliphatic heterocycles. The number of hydrogen-bond acceptors (Lipinski definition) is 4. The number of aliphatic carboxylic acids is 2. The molecule has 0 saturated carbocycles. The number of carboxylic acids is 2. The van der Waals surface area contributed by atoms with Gasteiger partial charge < -0.3 is 20.8 Å². The van der Waals surface area contributed by atoms with E-state index in [9.17, 15) is 9.59 Å². The monoisotopic (exact) mass is 240 g/mol. The first-order valence-corrected chi connectivity index (χ1v) is 4.48. The first-order valence-electron chi connectivity index (χ1n) is 4.48. The van der Waals surface area contributed by atoms with Gasteiger partial charge in [-0.3, -0.25) is 9.59 Å². The highest BCUT2D eigenvalue weighted by Crippen LogP contribution is 1.75. The molecule has 90 valence electrons. The van der Waals surface area contributed by atoms with E-state index in [1.807, 2.05) is 0 Å². The van der Waals surface area contributed by atoms with E-state index in [1.165, 1.54) is 0 Å². The first kappa shape index (κ1) is 16.6. The van der Waals surface area contributed by atoms with E-state index in [2.05, 4.69) is 10.6 Å². The quantitative estimate of drug-likeness (QED) is 0.407. The highest BCUT2D eigenvalue weighted by atomic mass is 35.5. The first-order chi connectivity index (χ1) is 6.63. The van der Waals surface area contributed by atoms with Crippen molar-refractivity contribution < 1.29 is 19.8 Å². The van der Waals surface area contributed by atoms with Crippen molar-refractivity contribution in [3.05, 3.63) is 0 Å². The maximum absolute atomic E-state index is 10.1. The molecule has 0 aromatic carbocycles. The Morgan fingerprint density at radius 2 is 1.13 bits per heavy atom. The van der Waals surface area contributed by atoms with Gasteiger partial charge in [0.15, 0.2) is 0 Å².